The van der Waals surface area contributed by atoms with Gasteiger partial charge in [0.15, 0.2) is 6.10 Å². The van der Waals surface area contributed by atoms with E-state index in [9.17, 15) is 9.59 Å². The maximum absolute atomic E-state index is 12.6. The first kappa shape index (κ1) is 29.6. The van der Waals surface area contributed by atoms with E-state index >= 15 is 0 Å². The molecule has 6 fully saturated rings. The van der Waals surface area contributed by atoms with Crippen molar-refractivity contribution >= 4 is 11.9 Å². The van der Waals surface area contributed by atoms with Gasteiger partial charge >= 0.3 is 11.9 Å². The van der Waals surface area contributed by atoms with E-state index < -0.39 is 0 Å². The number of quaternary nitrogens is 1. The van der Waals surface area contributed by atoms with Gasteiger partial charge in [-0.1, -0.05) is 20.4 Å². The highest BCUT2D eigenvalue weighted by Gasteiger charge is 2.67. The molecule has 2 aliphatic heterocycles. The molecule has 0 radical (unpaired) electrons. The molecular weight excluding hydrogens is 516 g/mol. The molecule has 7 heteroatoms. The summed E-state index contributed by atoms with van der Waals surface area (Å²) < 4.78 is 19.2. The Hall–Kier alpha value is -1.44. The second kappa shape index (κ2) is 11.2. The summed E-state index contributed by atoms with van der Waals surface area (Å²) in [4.78, 5) is 27.3. The molecule has 2 heterocycles. The van der Waals surface area contributed by atoms with E-state index in [-0.39, 0.29) is 41.0 Å². The van der Waals surface area contributed by atoms with Gasteiger partial charge in [0, 0.05) is 57.7 Å². The molecule has 0 unspecified atom stereocenters. The topological polar surface area (TPSA) is 65.1 Å². The molecule has 230 valence electrons. The fraction of sp³-hybridized carbons (Fsp3) is 0.882. The molecule has 10 atom stereocenters. The van der Waals surface area contributed by atoms with E-state index in [0.29, 0.717) is 29.7 Å². The largest absolute Gasteiger partial charge is 0.461 e. The first-order chi connectivity index (χ1) is 19.6. The lowest BCUT2D eigenvalue weighted by Crippen LogP contribution is -2.62. The van der Waals surface area contributed by atoms with Gasteiger partial charge in [0.05, 0.1) is 32.8 Å². The number of morpholine rings is 1. The van der Waals surface area contributed by atoms with Gasteiger partial charge in [0.2, 0.25) is 0 Å². The zero-order valence-corrected chi connectivity index (χ0v) is 26.2. The lowest BCUT2D eigenvalue weighted by atomic mass is 9.44. The Bertz CT molecular complexity index is 1010. The van der Waals surface area contributed by atoms with Crippen LogP contribution in [0.25, 0.3) is 0 Å². The molecular formula is C34H55N2O5+. The molecule has 6 aliphatic rings. The van der Waals surface area contributed by atoms with E-state index in [2.05, 4.69) is 31.4 Å². The first-order valence-electron chi connectivity index (χ1n) is 16.7. The Kier molecular flexibility index (Phi) is 8.12. The highest BCUT2D eigenvalue weighted by molar-refractivity contribution is 5.66. The molecule has 0 aromatic heterocycles. The Morgan fingerprint density at radius 1 is 0.976 bits per heavy atom. The number of hydrogen-bond acceptors (Lipinski definition) is 6. The van der Waals surface area contributed by atoms with E-state index in [1.165, 1.54) is 51.6 Å². The zero-order valence-electron chi connectivity index (χ0n) is 26.2. The molecule has 41 heavy (non-hydrogen) atoms. The number of rotatable bonds is 6. The quantitative estimate of drug-likeness (QED) is 0.255. The van der Waals surface area contributed by atoms with Gasteiger partial charge in [-0.15, -0.1) is 0 Å². The SMILES string of the molecule is C=CC[N+]1([C@H]2C[C@H]3[C@@H]4CC[C@H]5C[C@H](OC(C)=O)[C@@H](N6CCOCC6)C[C@@]5(C)[C@H]4CC[C@@]3(C)[C@H]2OC(C)=O)CCCC1. The summed E-state index contributed by atoms with van der Waals surface area (Å²) in [5.74, 6) is 2.25. The van der Waals surface area contributed by atoms with Gasteiger partial charge in [0.1, 0.15) is 12.1 Å². The maximum Gasteiger partial charge on any atom is 0.303 e. The van der Waals surface area contributed by atoms with Crippen molar-refractivity contribution in [2.24, 2.45) is 34.5 Å². The Balaban J connectivity index is 1.30. The molecule has 0 N–H and O–H groups in total. The van der Waals surface area contributed by atoms with Gasteiger partial charge in [-0.2, -0.15) is 0 Å². The minimum atomic E-state index is -0.147. The number of carbonyl (C=O) groups is 2. The lowest BCUT2D eigenvalue weighted by molar-refractivity contribution is -0.937. The molecule has 0 bridgehead atoms. The van der Waals surface area contributed by atoms with E-state index in [0.717, 1.165) is 56.6 Å². The van der Waals surface area contributed by atoms with Gasteiger partial charge in [-0.05, 0) is 73.7 Å². The van der Waals surface area contributed by atoms with Gasteiger partial charge in [-0.25, -0.2) is 0 Å². The lowest BCUT2D eigenvalue weighted by Gasteiger charge is -2.62. The van der Waals surface area contributed by atoms with Crippen LogP contribution in [0.4, 0.5) is 0 Å². The van der Waals surface area contributed by atoms with Crippen molar-refractivity contribution in [3.05, 3.63) is 12.7 Å². The molecule has 0 amide bonds. The maximum atomic E-state index is 12.6. The molecule has 2 saturated heterocycles. The van der Waals surface area contributed by atoms with E-state index in [1.54, 1.807) is 13.8 Å². The van der Waals surface area contributed by atoms with Crippen molar-refractivity contribution in [1.82, 2.24) is 4.90 Å². The van der Waals surface area contributed by atoms with Crippen molar-refractivity contribution in [2.75, 3.05) is 45.9 Å². The first-order valence-corrected chi connectivity index (χ1v) is 16.7. The average molecular weight is 572 g/mol. The van der Waals surface area contributed by atoms with Gasteiger partial charge < -0.3 is 18.7 Å². The van der Waals surface area contributed by atoms with Crippen molar-refractivity contribution in [1.29, 1.82) is 0 Å². The molecule has 4 saturated carbocycles. The smallest absolute Gasteiger partial charge is 0.303 e. The molecule has 0 aromatic rings. The Morgan fingerprint density at radius 2 is 1.68 bits per heavy atom. The molecule has 4 aliphatic carbocycles. The monoisotopic (exact) mass is 571 g/mol. The van der Waals surface area contributed by atoms with Crippen LogP contribution < -0.4 is 0 Å². The normalized spacial score (nSPS) is 45.7. The Morgan fingerprint density at radius 3 is 2.34 bits per heavy atom. The second-order valence-electron chi connectivity index (χ2n) is 15.2. The molecule has 0 spiro atoms. The second-order valence-corrected chi connectivity index (χ2v) is 15.2. The third-order valence-electron chi connectivity index (χ3n) is 13.4. The molecule has 7 nitrogen and oxygen atoms in total. The fourth-order valence-electron chi connectivity index (χ4n) is 11.6. The highest BCUT2D eigenvalue weighted by Crippen LogP contribution is 2.67. The van der Waals surface area contributed by atoms with Crippen LogP contribution in [0.5, 0.6) is 0 Å². The summed E-state index contributed by atoms with van der Waals surface area (Å²) in [7, 11) is 0. The van der Waals surface area contributed by atoms with Crippen LogP contribution in [-0.2, 0) is 23.8 Å². The number of likely N-dealkylation sites (tertiary alicyclic amines) is 1. The van der Waals surface area contributed by atoms with Crippen molar-refractivity contribution < 1.29 is 28.3 Å². The number of carbonyl (C=O) groups excluding carboxylic acids is 2. The van der Waals surface area contributed by atoms with Crippen LogP contribution in [0.3, 0.4) is 0 Å². The summed E-state index contributed by atoms with van der Waals surface area (Å²) in [5, 5.41) is 0. The predicted molar refractivity (Wildman–Crippen MR) is 158 cm³/mol. The van der Waals surface area contributed by atoms with Crippen LogP contribution in [0.15, 0.2) is 12.7 Å². The van der Waals surface area contributed by atoms with E-state index in [4.69, 9.17) is 14.2 Å². The molecule has 6 rings (SSSR count). The minimum Gasteiger partial charge on any atom is -0.461 e. The highest BCUT2D eigenvalue weighted by atomic mass is 16.5. The average Bonchev–Trinajstić information content (AvgIpc) is 3.52. The van der Waals surface area contributed by atoms with Crippen LogP contribution in [-0.4, -0.2) is 91.6 Å². The summed E-state index contributed by atoms with van der Waals surface area (Å²) >= 11 is 0. The van der Waals surface area contributed by atoms with Gasteiger partial charge in [0.25, 0.3) is 0 Å². The standard InChI is InChI=1S/C34H55N2O5/c1-6-15-36(16-7-8-17-36)30-21-28-26-10-9-25-20-31(40-23(2)37)29(35-13-18-39-19-14-35)22-34(25,5)27(26)11-12-33(28,4)32(30)41-24(3)38/h6,25-32H,1,7-22H2,2-5H3/q+1/t25-,26+,27-,28-,29-,30-,31-,32-,33+,34+/m0/s1. The third kappa shape index (κ3) is 5.00. The Labute approximate surface area is 247 Å². The summed E-state index contributed by atoms with van der Waals surface area (Å²) in [5.41, 5.74) is 0.272. The third-order valence-corrected chi connectivity index (χ3v) is 13.4. The van der Waals surface area contributed by atoms with E-state index in [1.807, 2.05) is 0 Å². The van der Waals surface area contributed by atoms with Crippen molar-refractivity contribution in [3.8, 4) is 0 Å². The van der Waals surface area contributed by atoms with Crippen molar-refractivity contribution in [3.63, 3.8) is 0 Å². The van der Waals surface area contributed by atoms with Crippen molar-refractivity contribution in [2.45, 2.75) is 110 Å². The predicted octanol–water partition coefficient (Wildman–Crippen LogP) is 4.98. The number of nitrogens with zero attached hydrogens (tertiary/aromatic N) is 2. The zero-order chi connectivity index (χ0) is 29.0. The fourth-order valence-corrected chi connectivity index (χ4v) is 11.6. The summed E-state index contributed by atoms with van der Waals surface area (Å²) in [6.45, 7) is 19.1. The number of hydrogen-bond donors (Lipinski definition) is 0. The minimum absolute atomic E-state index is 0.00432. The van der Waals surface area contributed by atoms with Gasteiger partial charge in [-0.3, -0.25) is 14.5 Å². The van der Waals surface area contributed by atoms with Crippen LogP contribution in [0.1, 0.15) is 85.5 Å². The number of ether oxygens (including phenoxy) is 3. The van der Waals surface area contributed by atoms with Crippen LogP contribution in [0, 0.1) is 34.5 Å². The summed E-state index contributed by atoms with van der Waals surface area (Å²) in [6.07, 6.45) is 12.7. The molecule has 0 aromatic carbocycles. The van der Waals surface area contributed by atoms with Crippen LogP contribution in [0.2, 0.25) is 0 Å². The number of fused-ring (bicyclic) bond motifs is 5. The number of esters is 2. The summed E-state index contributed by atoms with van der Waals surface area (Å²) in [6, 6.07) is 0.645. The van der Waals surface area contributed by atoms with Crippen LogP contribution >= 0.6 is 0 Å².